The van der Waals surface area contributed by atoms with Gasteiger partial charge in [-0.25, -0.2) is 0 Å². The molecule has 0 amide bonds. The molecule has 0 aliphatic heterocycles. The molecule has 0 unspecified atom stereocenters. The van der Waals surface area contributed by atoms with Crippen LogP contribution in [-0.4, -0.2) is 89.6 Å². The molecule has 0 rings (SSSR count). The Hall–Kier alpha value is -0.120. The third kappa shape index (κ3) is 53.3. The maximum atomic E-state index is 10.3. The van der Waals surface area contributed by atoms with Gasteiger partial charge in [0.25, 0.3) is 0 Å². The summed E-state index contributed by atoms with van der Waals surface area (Å²) in [6.07, 6.45) is 16.9. The molecule has 0 aliphatic carbocycles. The van der Waals surface area contributed by atoms with Crippen LogP contribution in [0.5, 0.6) is 0 Å². The molecule has 0 radical (unpaired) electrons. The van der Waals surface area contributed by atoms with Crippen LogP contribution in [0, 0.1) is 0 Å². The SMILES string of the molecule is CCCCCCCCCCCCCCCCCC(=O)O.O=C([O-])[O-].OCC(O)CO.[Ca+2]. The van der Waals surface area contributed by atoms with Gasteiger partial charge in [-0.05, 0) is 12.6 Å². The fraction of sp³-hybridized carbons (Fsp3) is 0.909. The van der Waals surface area contributed by atoms with Gasteiger partial charge in [-0.1, -0.05) is 96.8 Å². The van der Waals surface area contributed by atoms with Crippen molar-refractivity contribution < 1.29 is 40.2 Å². The van der Waals surface area contributed by atoms with E-state index in [2.05, 4.69) is 6.92 Å². The van der Waals surface area contributed by atoms with E-state index in [0.29, 0.717) is 6.42 Å². The fourth-order valence-electron chi connectivity index (χ4n) is 2.71. The summed E-state index contributed by atoms with van der Waals surface area (Å²) in [5.74, 6) is -0.653. The molecule has 9 heteroatoms. The summed E-state index contributed by atoms with van der Waals surface area (Å²) in [7, 11) is 0. The molecule has 4 N–H and O–H groups in total. The van der Waals surface area contributed by atoms with E-state index >= 15 is 0 Å². The third-order valence-electron chi connectivity index (χ3n) is 4.42. The Balaban J connectivity index is -0.000000275. The van der Waals surface area contributed by atoms with E-state index < -0.39 is 18.2 Å². The van der Waals surface area contributed by atoms with Crippen LogP contribution < -0.4 is 10.2 Å². The first kappa shape index (κ1) is 38.2. The van der Waals surface area contributed by atoms with Crippen molar-refractivity contribution >= 4 is 49.9 Å². The number of unbranched alkanes of at least 4 members (excludes halogenated alkanes) is 14. The first-order chi connectivity index (χ1) is 14.3. The van der Waals surface area contributed by atoms with Crippen LogP contribution in [0.1, 0.15) is 110 Å². The fourth-order valence-corrected chi connectivity index (χ4v) is 2.71. The zero-order valence-corrected chi connectivity index (χ0v) is 21.6. The van der Waals surface area contributed by atoms with Gasteiger partial charge < -0.3 is 35.4 Å². The van der Waals surface area contributed by atoms with Crippen molar-refractivity contribution in [1.82, 2.24) is 0 Å². The van der Waals surface area contributed by atoms with Crippen LogP contribution in [0.15, 0.2) is 0 Å². The Morgan fingerprint density at radius 2 is 0.935 bits per heavy atom. The van der Waals surface area contributed by atoms with E-state index in [1.807, 2.05) is 0 Å². The van der Waals surface area contributed by atoms with Crippen LogP contribution in [0.25, 0.3) is 0 Å². The Labute approximate surface area is 218 Å². The van der Waals surface area contributed by atoms with Gasteiger partial charge in [0.2, 0.25) is 0 Å². The van der Waals surface area contributed by atoms with Crippen molar-refractivity contribution in [2.24, 2.45) is 0 Å². The molecule has 0 saturated carbocycles. The second-order valence-electron chi connectivity index (χ2n) is 7.36. The number of aliphatic hydroxyl groups is 3. The van der Waals surface area contributed by atoms with E-state index in [-0.39, 0.29) is 51.0 Å². The molecule has 0 fully saturated rings. The maximum Gasteiger partial charge on any atom is 2.00 e. The average Bonchev–Trinajstić information content (AvgIpc) is 2.70. The van der Waals surface area contributed by atoms with Crippen molar-refractivity contribution in [3.63, 3.8) is 0 Å². The van der Waals surface area contributed by atoms with E-state index in [9.17, 15) is 4.79 Å². The largest absolute Gasteiger partial charge is 2.00 e. The molecule has 0 aromatic carbocycles. The molecule has 0 spiro atoms. The zero-order chi connectivity index (χ0) is 23.5. The topological polar surface area (TPSA) is 161 Å². The normalized spacial score (nSPS) is 9.71. The summed E-state index contributed by atoms with van der Waals surface area (Å²) in [6, 6.07) is 0. The molecule has 0 heterocycles. The summed E-state index contributed by atoms with van der Waals surface area (Å²) in [5.41, 5.74) is 0. The minimum Gasteiger partial charge on any atom is -0.652 e. The van der Waals surface area contributed by atoms with Gasteiger partial charge in [-0.2, -0.15) is 0 Å². The second kappa shape index (κ2) is 34.5. The summed E-state index contributed by atoms with van der Waals surface area (Å²) in [5, 5.41) is 49.2. The van der Waals surface area contributed by atoms with Crippen LogP contribution >= 0.6 is 0 Å². The van der Waals surface area contributed by atoms with Gasteiger partial charge in [-0.15, -0.1) is 0 Å². The molecular formula is C22H44CaO8. The average molecular weight is 477 g/mol. The number of carbonyl (C=O) groups is 2. The van der Waals surface area contributed by atoms with Gasteiger partial charge >= 0.3 is 43.7 Å². The van der Waals surface area contributed by atoms with E-state index in [4.69, 9.17) is 35.4 Å². The van der Waals surface area contributed by atoms with Gasteiger partial charge in [0.15, 0.2) is 0 Å². The monoisotopic (exact) mass is 476 g/mol. The second-order valence-corrected chi connectivity index (χ2v) is 7.36. The van der Waals surface area contributed by atoms with Crippen molar-refractivity contribution in [2.45, 2.75) is 116 Å². The number of carboxylic acid groups (broad SMARTS) is 3. The number of aliphatic carboxylic acids is 1. The standard InChI is InChI=1S/C18H36O2.C3H8O3.CH2O3.Ca/c1-2-3-4-5-6-7-8-9-10-11-12-13-14-15-16-17-18(19)20;4-1-3(6)2-5;2-1(3)4;/h2-17H2,1H3,(H,19,20);3-6H,1-2H2;(H2,2,3,4);/q;;;+2/p-2. The first-order valence-electron chi connectivity index (χ1n) is 11.3. The minimum atomic E-state index is -2.33. The van der Waals surface area contributed by atoms with Crippen molar-refractivity contribution in [3.05, 3.63) is 0 Å². The quantitative estimate of drug-likeness (QED) is 0.172. The molecule has 31 heavy (non-hydrogen) atoms. The molecule has 0 aliphatic rings. The summed E-state index contributed by atoms with van der Waals surface area (Å²) in [4.78, 5) is 18.7. The van der Waals surface area contributed by atoms with Gasteiger partial charge in [0.05, 0.1) is 13.2 Å². The molecule has 182 valence electrons. The Bertz CT molecular complexity index is 348. The summed E-state index contributed by atoms with van der Waals surface area (Å²) < 4.78 is 0. The molecule has 0 bridgehead atoms. The van der Waals surface area contributed by atoms with Crippen LogP contribution in [0.3, 0.4) is 0 Å². The smallest absolute Gasteiger partial charge is 0.652 e. The Kier molecular flexibility index (Phi) is 42.5. The third-order valence-corrected chi connectivity index (χ3v) is 4.42. The van der Waals surface area contributed by atoms with Gasteiger partial charge in [-0.3, -0.25) is 4.79 Å². The molecule has 0 aromatic heterocycles. The molecular weight excluding hydrogens is 432 g/mol. The number of hydrogen-bond donors (Lipinski definition) is 4. The number of aliphatic hydroxyl groups excluding tert-OH is 3. The van der Waals surface area contributed by atoms with Gasteiger partial charge in [0.1, 0.15) is 6.10 Å². The van der Waals surface area contributed by atoms with Crippen molar-refractivity contribution in [2.75, 3.05) is 13.2 Å². The summed E-state index contributed by atoms with van der Waals surface area (Å²) in [6.45, 7) is 1.54. The molecule has 8 nitrogen and oxygen atoms in total. The van der Waals surface area contributed by atoms with Gasteiger partial charge in [0, 0.05) is 6.42 Å². The Morgan fingerprint density at radius 1 is 0.677 bits per heavy atom. The van der Waals surface area contributed by atoms with Crippen molar-refractivity contribution in [1.29, 1.82) is 0 Å². The van der Waals surface area contributed by atoms with E-state index in [1.165, 1.54) is 83.5 Å². The van der Waals surface area contributed by atoms with Crippen LogP contribution in [0.4, 0.5) is 4.79 Å². The zero-order valence-electron chi connectivity index (χ0n) is 19.4. The van der Waals surface area contributed by atoms with E-state index in [0.717, 1.165) is 12.8 Å². The molecule has 0 atom stereocenters. The first-order valence-corrected chi connectivity index (χ1v) is 11.3. The van der Waals surface area contributed by atoms with Crippen LogP contribution in [-0.2, 0) is 4.79 Å². The van der Waals surface area contributed by atoms with Crippen molar-refractivity contribution in [3.8, 4) is 0 Å². The number of carbonyl (C=O) groups excluding carboxylic acids is 1. The summed E-state index contributed by atoms with van der Waals surface area (Å²) >= 11 is 0. The predicted octanol–water partition coefficient (Wildman–Crippen LogP) is 1.84. The van der Waals surface area contributed by atoms with Crippen LogP contribution in [0.2, 0.25) is 0 Å². The number of rotatable bonds is 18. The minimum absolute atomic E-state index is 0. The predicted molar refractivity (Wildman–Crippen MR) is 119 cm³/mol. The number of carboxylic acids is 1. The molecule has 0 aromatic rings. The maximum absolute atomic E-state index is 10.3. The van der Waals surface area contributed by atoms with E-state index in [1.54, 1.807) is 0 Å². The molecule has 0 saturated heterocycles. The number of hydrogen-bond acceptors (Lipinski definition) is 7. The Morgan fingerprint density at radius 3 is 1.13 bits per heavy atom.